The van der Waals surface area contributed by atoms with Crippen LogP contribution in [0.5, 0.6) is 0 Å². The average molecular weight is 255 g/mol. The first kappa shape index (κ1) is 13.1. The topological polar surface area (TPSA) is 38.3 Å². The Morgan fingerprint density at radius 2 is 2.28 bits per heavy atom. The van der Waals surface area contributed by atoms with Crippen LogP contribution in [0.4, 0.5) is 8.78 Å². The normalized spacial score (nSPS) is 19.8. The molecule has 1 aromatic rings. The number of morpholine rings is 1. The van der Waals surface area contributed by atoms with E-state index in [2.05, 4.69) is 5.32 Å². The molecule has 1 heterocycles. The van der Waals surface area contributed by atoms with Crippen molar-refractivity contribution in [3.63, 3.8) is 0 Å². The third-order valence-electron chi connectivity index (χ3n) is 2.88. The van der Waals surface area contributed by atoms with Gasteiger partial charge in [0.2, 0.25) is 0 Å². The third kappa shape index (κ3) is 3.34. The highest BCUT2D eigenvalue weighted by Crippen LogP contribution is 2.14. The van der Waals surface area contributed by atoms with Crippen molar-refractivity contribution in [3.8, 4) is 0 Å². The maximum absolute atomic E-state index is 13.4. The molecule has 1 atom stereocenters. The van der Waals surface area contributed by atoms with Crippen LogP contribution in [0.25, 0.3) is 0 Å². The average Bonchev–Trinajstić information content (AvgIpc) is 2.36. The summed E-state index contributed by atoms with van der Waals surface area (Å²) in [6.07, 6.45) is -0.0327. The van der Waals surface area contributed by atoms with E-state index in [1.807, 2.05) is 0 Å². The Hall–Kier alpha value is -1.33. The number of hydrogen-bond acceptors (Lipinski definition) is 3. The SMILES string of the molecule is O=C(Cc1cccc(F)c1F)CC1CNCCO1. The summed E-state index contributed by atoms with van der Waals surface area (Å²) >= 11 is 0. The Morgan fingerprint density at radius 3 is 3.00 bits per heavy atom. The van der Waals surface area contributed by atoms with Gasteiger partial charge >= 0.3 is 0 Å². The first-order chi connectivity index (χ1) is 8.66. The van der Waals surface area contributed by atoms with Gasteiger partial charge in [0.05, 0.1) is 12.7 Å². The van der Waals surface area contributed by atoms with Gasteiger partial charge in [-0.1, -0.05) is 12.1 Å². The molecule has 5 heteroatoms. The van der Waals surface area contributed by atoms with Crippen LogP contribution in [0.2, 0.25) is 0 Å². The van der Waals surface area contributed by atoms with E-state index >= 15 is 0 Å². The zero-order valence-corrected chi connectivity index (χ0v) is 9.92. The van der Waals surface area contributed by atoms with E-state index in [1.54, 1.807) is 0 Å². The standard InChI is InChI=1S/C13H15F2NO2/c14-12-3-1-2-9(13(12)15)6-10(17)7-11-8-16-4-5-18-11/h1-3,11,16H,4-8H2. The lowest BCUT2D eigenvalue weighted by atomic mass is 10.0. The number of nitrogens with one attached hydrogen (secondary N) is 1. The molecule has 2 rings (SSSR count). The molecule has 18 heavy (non-hydrogen) atoms. The lowest BCUT2D eigenvalue weighted by Gasteiger charge is -2.22. The van der Waals surface area contributed by atoms with Gasteiger partial charge in [0, 0.05) is 25.9 Å². The van der Waals surface area contributed by atoms with Crippen molar-refractivity contribution in [2.45, 2.75) is 18.9 Å². The summed E-state index contributed by atoms with van der Waals surface area (Å²) in [5.41, 5.74) is 0.101. The lowest BCUT2D eigenvalue weighted by molar-refractivity contribution is -0.121. The summed E-state index contributed by atoms with van der Waals surface area (Å²) in [6, 6.07) is 3.87. The van der Waals surface area contributed by atoms with E-state index in [4.69, 9.17) is 4.74 Å². The van der Waals surface area contributed by atoms with Gasteiger partial charge in [-0.05, 0) is 11.6 Å². The van der Waals surface area contributed by atoms with Crippen LogP contribution in [-0.4, -0.2) is 31.6 Å². The van der Waals surface area contributed by atoms with Gasteiger partial charge in [-0.15, -0.1) is 0 Å². The molecule has 0 aromatic heterocycles. The number of halogens is 2. The largest absolute Gasteiger partial charge is 0.375 e. The molecule has 3 nitrogen and oxygen atoms in total. The molecule has 1 N–H and O–H groups in total. The van der Waals surface area contributed by atoms with Crippen molar-refractivity contribution in [3.05, 3.63) is 35.4 Å². The van der Waals surface area contributed by atoms with Crippen LogP contribution in [-0.2, 0) is 16.0 Å². The molecule has 1 unspecified atom stereocenters. The van der Waals surface area contributed by atoms with Gasteiger partial charge < -0.3 is 10.1 Å². The predicted molar refractivity (Wildman–Crippen MR) is 62.3 cm³/mol. The summed E-state index contributed by atoms with van der Waals surface area (Å²) in [6.45, 7) is 1.98. The van der Waals surface area contributed by atoms with Gasteiger partial charge in [-0.3, -0.25) is 4.79 Å². The first-order valence-corrected chi connectivity index (χ1v) is 5.93. The van der Waals surface area contributed by atoms with E-state index in [1.165, 1.54) is 12.1 Å². The number of benzene rings is 1. The van der Waals surface area contributed by atoms with Gasteiger partial charge in [-0.2, -0.15) is 0 Å². The molecule has 0 radical (unpaired) electrons. The van der Waals surface area contributed by atoms with Crippen LogP contribution in [0.15, 0.2) is 18.2 Å². The lowest BCUT2D eigenvalue weighted by Crippen LogP contribution is -2.39. The molecule has 1 aromatic carbocycles. The van der Waals surface area contributed by atoms with E-state index in [-0.39, 0.29) is 30.3 Å². The summed E-state index contributed by atoms with van der Waals surface area (Å²) in [5.74, 6) is -2.00. The molecule has 1 aliphatic rings. The fourth-order valence-corrected chi connectivity index (χ4v) is 1.97. The Balaban J connectivity index is 1.92. The quantitative estimate of drug-likeness (QED) is 0.885. The van der Waals surface area contributed by atoms with Crippen LogP contribution in [0.1, 0.15) is 12.0 Å². The number of carbonyl (C=O) groups excluding carboxylic acids is 1. The van der Waals surface area contributed by atoms with Crippen LogP contribution in [0.3, 0.4) is 0 Å². The highest BCUT2D eigenvalue weighted by Gasteiger charge is 2.19. The Morgan fingerprint density at radius 1 is 1.44 bits per heavy atom. The Labute approximate surface area is 104 Å². The van der Waals surface area contributed by atoms with Gasteiger partial charge in [0.1, 0.15) is 5.78 Å². The maximum Gasteiger partial charge on any atom is 0.162 e. The summed E-state index contributed by atoms with van der Waals surface area (Å²) in [5, 5.41) is 3.11. The Bertz CT molecular complexity index is 431. The highest BCUT2D eigenvalue weighted by atomic mass is 19.2. The second kappa shape index (κ2) is 6.02. The van der Waals surface area contributed by atoms with E-state index in [0.29, 0.717) is 13.2 Å². The monoisotopic (exact) mass is 255 g/mol. The zero-order valence-electron chi connectivity index (χ0n) is 9.92. The van der Waals surface area contributed by atoms with E-state index < -0.39 is 11.6 Å². The minimum atomic E-state index is -0.937. The number of rotatable bonds is 4. The second-order valence-corrected chi connectivity index (χ2v) is 4.33. The number of ether oxygens (including phenoxy) is 1. The summed E-state index contributed by atoms with van der Waals surface area (Å²) in [4.78, 5) is 11.7. The van der Waals surface area contributed by atoms with Gasteiger partial charge in [0.15, 0.2) is 11.6 Å². The number of ketones is 1. The van der Waals surface area contributed by atoms with Gasteiger partial charge in [0.25, 0.3) is 0 Å². The third-order valence-corrected chi connectivity index (χ3v) is 2.88. The molecule has 0 bridgehead atoms. The van der Waals surface area contributed by atoms with E-state index in [0.717, 1.165) is 12.6 Å². The smallest absolute Gasteiger partial charge is 0.162 e. The number of hydrogen-bond donors (Lipinski definition) is 1. The second-order valence-electron chi connectivity index (χ2n) is 4.33. The number of carbonyl (C=O) groups is 1. The van der Waals surface area contributed by atoms with Crippen LogP contribution in [0, 0.1) is 11.6 Å². The maximum atomic E-state index is 13.4. The predicted octanol–water partition coefficient (Wildman–Crippen LogP) is 1.45. The van der Waals surface area contributed by atoms with Crippen molar-refractivity contribution in [2.75, 3.05) is 19.7 Å². The van der Waals surface area contributed by atoms with E-state index in [9.17, 15) is 13.6 Å². The summed E-state index contributed by atoms with van der Waals surface area (Å²) < 4.78 is 31.7. The van der Waals surface area contributed by atoms with Crippen molar-refractivity contribution < 1.29 is 18.3 Å². The molecule has 0 saturated carbocycles. The first-order valence-electron chi connectivity index (χ1n) is 5.93. The number of Topliss-reactive ketones (excluding diaryl/α,β-unsaturated/α-hetero) is 1. The molecule has 1 fully saturated rings. The van der Waals surface area contributed by atoms with Crippen molar-refractivity contribution in [2.24, 2.45) is 0 Å². The van der Waals surface area contributed by atoms with Gasteiger partial charge in [-0.25, -0.2) is 8.78 Å². The molecule has 1 saturated heterocycles. The van der Waals surface area contributed by atoms with Crippen molar-refractivity contribution in [1.29, 1.82) is 0 Å². The molecule has 98 valence electrons. The summed E-state index contributed by atoms with van der Waals surface area (Å²) in [7, 11) is 0. The molecular formula is C13H15F2NO2. The fourth-order valence-electron chi connectivity index (χ4n) is 1.97. The fraction of sp³-hybridized carbons (Fsp3) is 0.462. The molecule has 0 amide bonds. The van der Waals surface area contributed by atoms with Crippen LogP contribution < -0.4 is 5.32 Å². The molecule has 0 aliphatic carbocycles. The molecular weight excluding hydrogens is 240 g/mol. The minimum Gasteiger partial charge on any atom is -0.375 e. The zero-order chi connectivity index (χ0) is 13.0. The molecule has 0 spiro atoms. The Kier molecular flexibility index (Phi) is 4.38. The highest BCUT2D eigenvalue weighted by molar-refractivity contribution is 5.81. The van der Waals surface area contributed by atoms with Crippen molar-refractivity contribution in [1.82, 2.24) is 5.32 Å². The molecule has 1 aliphatic heterocycles. The minimum absolute atomic E-state index is 0.0938. The van der Waals surface area contributed by atoms with Crippen molar-refractivity contribution >= 4 is 5.78 Å². The van der Waals surface area contributed by atoms with Crippen LogP contribution >= 0.6 is 0 Å².